The summed E-state index contributed by atoms with van der Waals surface area (Å²) in [6.07, 6.45) is 4.88. The second-order valence-corrected chi connectivity index (χ2v) is 8.08. The molecule has 0 bridgehead atoms. The lowest BCUT2D eigenvalue weighted by Crippen LogP contribution is -2.47. The molecule has 2 unspecified atom stereocenters. The van der Waals surface area contributed by atoms with Gasteiger partial charge in [0.25, 0.3) is 0 Å². The van der Waals surface area contributed by atoms with E-state index in [1.165, 1.54) is 6.42 Å². The van der Waals surface area contributed by atoms with Crippen molar-refractivity contribution in [3.8, 4) is 0 Å². The molecule has 2 rings (SSSR count). The normalized spacial score (nSPS) is 38.3. The Morgan fingerprint density at radius 3 is 2.56 bits per heavy atom. The molecule has 0 saturated carbocycles. The summed E-state index contributed by atoms with van der Waals surface area (Å²) in [5.74, 6) is 0.928. The van der Waals surface area contributed by atoms with Crippen LogP contribution >= 0.6 is 0 Å². The van der Waals surface area contributed by atoms with Crippen molar-refractivity contribution in [1.29, 1.82) is 0 Å². The minimum absolute atomic E-state index is 0.0829. The Morgan fingerprint density at radius 1 is 1.38 bits per heavy atom. The number of sulfone groups is 1. The summed E-state index contributed by atoms with van der Waals surface area (Å²) in [5, 5.41) is 3.49. The molecule has 0 aromatic carbocycles. The third-order valence-electron chi connectivity index (χ3n) is 4.44. The standard InChI is InChI=1S/C12H23NO2S/c1-10(2)12(6-4-7-13-12)9-11-5-3-8-16(11,14)15/h10-11,13H,3-9H2,1-2H3. The van der Waals surface area contributed by atoms with E-state index in [-0.39, 0.29) is 10.8 Å². The summed E-state index contributed by atoms with van der Waals surface area (Å²) in [5.41, 5.74) is 0.0854. The van der Waals surface area contributed by atoms with Crippen LogP contribution in [-0.4, -0.2) is 31.5 Å². The molecule has 0 amide bonds. The highest BCUT2D eigenvalue weighted by Crippen LogP contribution is 2.36. The van der Waals surface area contributed by atoms with Crippen molar-refractivity contribution in [3.63, 3.8) is 0 Å². The van der Waals surface area contributed by atoms with E-state index in [1.54, 1.807) is 0 Å². The maximum atomic E-state index is 11.9. The van der Waals surface area contributed by atoms with Gasteiger partial charge in [0.05, 0.1) is 11.0 Å². The van der Waals surface area contributed by atoms with Gasteiger partial charge in [-0.05, 0) is 44.6 Å². The van der Waals surface area contributed by atoms with Gasteiger partial charge >= 0.3 is 0 Å². The van der Waals surface area contributed by atoms with Crippen molar-refractivity contribution in [3.05, 3.63) is 0 Å². The summed E-state index contributed by atoms with van der Waals surface area (Å²) < 4.78 is 23.8. The highest BCUT2D eigenvalue weighted by molar-refractivity contribution is 7.92. The summed E-state index contributed by atoms with van der Waals surface area (Å²) in [7, 11) is -2.79. The molecule has 0 spiro atoms. The lowest BCUT2D eigenvalue weighted by molar-refractivity contribution is 0.247. The zero-order valence-electron chi connectivity index (χ0n) is 10.3. The number of nitrogens with one attached hydrogen (secondary N) is 1. The molecule has 2 aliphatic rings. The quantitative estimate of drug-likeness (QED) is 0.823. The lowest BCUT2D eigenvalue weighted by atomic mass is 9.80. The molecule has 0 aromatic rings. The van der Waals surface area contributed by atoms with Crippen LogP contribution in [0.2, 0.25) is 0 Å². The maximum absolute atomic E-state index is 11.9. The van der Waals surface area contributed by atoms with Crippen LogP contribution in [0, 0.1) is 5.92 Å². The predicted molar refractivity (Wildman–Crippen MR) is 66.2 cm³/mol. The molecule has 0 aromatic heterocycles. The van der Waals surface area contributed by atoms with Crippen LogP contribution in [0.5, 0.6) is 0 Å². The summed E-state index contributed by atoms with van der Waals surface area (Å²) in [6, 6.07) is 0. The van der Waals surface area contributed by atoms with Crippen molar-refractivity contribution in [2.24, 2.45) is 5.92 Å². The monoisotopic (exact) mass is 245 g/mol. The SMILES string of the molecule is CC(C)C1(CC2CCCS2(=O)=O)CCCN1. The molecule has 2 fully saturated rings. The smallest absolute Gasteiger partial charge is 0.153 e. The Morgan fingerprint density at radius 2 is 2.12 bits per heavy atom. The first-order chi connectivity index (χ1) is 7.46. The fourth-order valence-electron chi connectivity index (χ4n) is 3.23. The minimum atomic E-state index is -2.79. The molecule has 2 atom stereocenters. The Bertz CT molecular complexity index is 342. The van der Waals surface area contributed by atoms with Gasteiger partial charge in [-0.15, -0.1) is 0 Å². The van der Waals surface area contributed by atoms with Gasteiger partial charge in [-0.2, -0.15) is 0 Å². The minimum Gasteiger partial charge on any atom is -0.311 e. The van der Waals surface area contributed by atoms with E-state index in [0.29, 0.717) is 11.7 Å². The zero-order chi connectivity index (χ0) is 11.8. The molecule has 0 radical (unpaired) electrons. The van der Waals surface area contributed by atoms with Crippen molar-refractivity contribution >= 4 is 9.84 Å². The van der Waals surface area contributed by atoms with Crippen LogP contribution in [0.4, 0.5) is 0 Å². The molecule has 1 N–H and O–H groups in total. The van der Waals surface area contributed by atoms with E-state index in [4.69, 9.17) is 0 Å². The molecule has 2 aliphatic heterocycles. The van der Waals surface area contributed by atoms with Crippen LogP contribution < -0.4 is 5.32 Å². The number of rotatable bonds is 3. The van der Waals surface area contributed by atoms with Crippen LogP contribution in [0.3, 0.4) is 0 Å². The van der Waals surface area contributed by atoms with Crippen molar-refractivity contribution in [2.75, 3.05) is 12.3 Å². The molecular weight excluding hydrogens is 222 g/mol. The predicted octanol–water partition coefficient (Wildman–Crippen LogP) is 1.73. The van der Waals surface area contributed by atoms with E-state index in [9.17, 15) is 8.42 Å². The van der Waals surface area contributed by atoms with Gasteiger partial charge < -0.3 is 5.32 Å². The molecule has 94 valence electrons. The van der Waals surface area contributed by atoms with Crippen molar-refractivity contribution in [1.82, 2.24) is 5.32 Å². The Kier molecular flexibility index (Phi) is 3.32. The van der Waals surface area contributed by atoms with Gasteiger partial charge in [0.1, 0.15) is 0 Å². The van der Waals surface area contributed by atoms with E-state index >= 15 is 0 Å². The summed E-state index contributed by atoms with van der Waals surface area (Å²) in [6.45, 7) is 5.46. The Balaban J connectivity index is 2.12. The second kappa shape index (κ2) is 4.30. The van der Waals surface area contributed by atoms with Gasteiger partial charge in [-0.1, -0.05) is 13.8 Å². The Labute approximate surface area is 98.9 Å². The summed E-state index contributed by atoms with van der Waals surface area (Å²) >= 11 is 0. The molecular formula is C12H23NO2S. The highest BCUT2D eigenvalue weighted by atomic mass is 32.2. The van der Waals surface area contributed by atoms with Crippen LogP contribution in [0.15, 0.2) is 0 Å². The maximum Gasteiger partial charge on any atom is 0.153 e. The van der Waals surface area contributed by atoms with Gasteiger partial charge in [-0.25, -0.2) is 8.42 Å². The molecule has 2 saturated heterocycles. The van der Waals surface area contributed by atoms with E-state index < -0.39 is 9.84 Å². The Hall–Kier alpha value is -0.0900. The average molecular weight is 245 g/mol. The van der Waals surface area contributed by atoms with Crippen LogP contribution in [0.1, 0.15) is 46.0 Å². The first-order valence-corrected chi connectivity index (χ1v) is 8.14. The van der Waals surface area contributed by atoms with Crippen LogP contribution in [-0.2, 0) is 9.84 Å². The molecule has 2 heterocycles. The molecule has 16 heavy (non-hydrogen) atoms. The lowest BCUT2D eigenvalue weighted by Gasteiger charge is -2.36. The molecule has 4 heteroatoms. The molecule has 3 nitrogen and oxygen atoms in total. The highest BCUT2D eigenvalue weighted by Gasteiger charge is 2.43. The number of hydrogen-bond acceptors (Lipinski definition) is 3. The zero-order valence-corrected chi connectivity index (χ0v) is 11.1. The van der Waals surface area contributed by atoms with E-state index in [1.807, 2.05) is 0 Å². The van der Waals surface area contributed by atoms with Crippen LogP contribution in [0.25, 0.3) is 0 Å². The summed E-state index contributed by atoms with van der Waals surface area (Å²) in [4.78, 5) is 0. The fourth-order valence-corrected chi connectivity index (χ4v) is 5.21. The third-order valence-corrected chi connectivity index (χ3v) is 6.71. The first-order valence-electron chi connectivity index (χ1n) is 6.43. The van der Waals surface area contributed by atoms with Gasteiger partial charge in [0.15, 0.2) is 9.84 Å². The van der Waals surface area contributed by atoms with E-state index in [2.05, 4.69) is 19.2 Å². The number of hydrogen-bond donors (Lipinski definition) is 1. The molecule has 0 aliphatic carbocycles. The van der Waals surface area contributed by atoms with E-state index in [0.717, 1.165) is 32.2 Å². The fraction of sp³-hybridized carbons (Fsp3) is 1.00. The van der Waals surface area contributed by atoms with Crippen molar-refractivity contribution in [2.45, 2.75) is 56.7 Å². The second-order valence-electron chi connectivity index (χ2n) is 5.68. The topological polar surface area (TPSA) is 46.2 Å². The van der Waals surface area contributed by atoms with Gasteiger partial charge in [-0.3, -0.25) is 0 Å². The largest absolute Gasteiger partial charge is 0.311 e. The third kappa shape index (κ3) is 2.14. The average Bonchev–Trinajstić information content (AvgIpc) is 2.76. The van der Waals surface area contributed by atoms with Gasteiger partial charge in [0, 0.05) is 5.54 Å². The first kappa shape index (κ1) is 12.4. The van der Waals surface area contributed by atoms with Gasteiger partial charge in [0.2, 0.25) is 0 Å². The van der Waals surface area contributed by atoms with Crippen molar-refractivity contribution < 1.29 is 8.42 Å².